The highest BCUT2D eigenvalue weighted by Gasteiger charge is 1.89. The summed E-state index contributed by atoms with van der Waals surface area (Å²) in [4.78, 5) is 0. The number of hydrogen-bond acceptors (Lipinski definition) is 1. The van der Waals surface area contributed by atoms with Crippen molar-refractivity contribution >= 4 is 5.69 Å². The van der Waals surface area contributed by atoms with Crippen LogP contribution in [0.5, 0.6) is 0 Å². The molecule has 1 aromatic rings. The molecule has 0 unspecified atom stereocenters. The van der Waals surface area contributed by atoms with E-state index in [1.165, 1.54) is 24.3 Å². The SMILES string of the molecule is [2H]N(CC#C)c1ccc(F)cc1. The third kappa shape index (κ3) is 2.30. The Morgan fingerprint density at radius 1 is 1.55 bits per heavy atom. The highest BCUT2D eigenvalue weighted by molar-refractivity contribution is 5.43. The van der Waals surface area contributed by atoms with Crippen LogP contribution in [-0.2, 0) is 0 Å². The third-order valence-corrected chi connectivity index (χ3v) is 1.18. The van der Waals surface area contributed by atoms with E-state index in [0.29, 0.717) is 5.69 Å². The summed E-state index contributed by atoms with van der Waals surface area (Å²) in [5, 5.41) is 1.12. The number of rotatable bonds is 2. The predicted octanol–water partition coefficient (Wildman–Crippen LogP) is 1.87. The fraction of sp³-hybridized carbons (Fsp3) is 0.111. The molecule has 0 aromatic heterocycles. The van der Waals surface area contributed by atoms with Gasteiger partial charge in [-0.1, -0.05) is 5.92 Å². The second-order valence-electron chi connectivity index (χ2n) is 2.00. The van der Waals surface area contributed by atoms with Gasteiger partial charge in [0.1, 0.15) is 5.82 Å². The summed E-state index contributed by atoms with van der Waals surface area (Å²) in [7, 11) is 0. The quantitative estimate of drug-likeness (QED) is 0.634. The average Bonchev–Trinajstić information content (AvgIpc) is 2.06. The minimum absolute atomic E-state index is 0.200. The molecule has 1 nitrogen and oxygen atoms in total. The highest BCUT2D eigenvalue weighted by Crippen LogP contribution is 2.06. The van der Waals surface area contributed by atoms with Crippen LogP contribution in [0.4, 0.5) is 10.1 Å². The van der Waals surface area contributed by atoms with Gasteiger partial charge in [0.25, 0.3) is 0 Å². The van der Waals surface area contributed by atoms with Crippen LogP contribution in [0.3, 0.4) is 0 Å². The van der Waals surface area contributed by atoms with Crippen molar-refractivity contribution < 1.29 is 5.80 Å². The first kappa shape index (κ1) is 6.23. The minimum Gasteiger partial charge on any atom is -0.374 e. The first-order chi connectivity index (χ1) is 5.74. The van der Waals surface area contributed by atoms with Gasteiger partial charge in [-0.3, -0.25) is 0 Å². The Bertz CT molecular complexity index is 288. The smallest absolute Gasteiger partial charge is 0.161 e. The van der Waals surface area contributed by atoms with Crippen LogP contribution in [0.25, 0.3) is 0 Å². The van der Waals surface area contributed by atoms with Crippen molar-refractivity contribution in [2.75, 3.05) is 11.9 Å². The van der Waals surface area contributed by atoms with Crippen molar-refractivity contribution in [3.05, 3.63) is 30.1 Å². The highest BCUT2D eigenvalue weighted by atomic mass is 19.1. The first-order valence-corrected chi connectivity index (χ1v) is 3.19. The van der Waals surface area contributed by atoms with E-state index >= 15 is 0 Å². The second-order valence-corrected chi connectivity index (χ2v) is 2.00. The van der Waals surface area contributed by atoms with Crippen LogP contribution in [0.2, 0.25) is 1.41 Å². The standard InChI is InChI=1S/C9H8FN/c1-2-7-11-9-5-3-8(10)4-6-9/h1,3-6,11H,7H2/i/hD. The van der Waals surface area contributed by atoms with Gasteiger partial charge in [0.2, 0.25) is 0 Å². The molecule has 1 rings (SSSR count). The molecule has 0 atom stereocenters. The molecule has 0 aliphatic heterocycles. The van der Waals surface area contributed by atoms with E-state index in [2.05, 4.69) is 5.92 Å². The lowest BCUT2D eigenvalue weighted by molar-refractivity contribution is 0.628. The van der Waals surface area contributed by atoms with Crippen molar-refractivity contribution in [3.8, 4) is 12.3 Å². The molecule has 0 saturated heterocycles. The van der Waals surface area contributed by atoms with Crippen LogP contribution in [0.15, 0.2) is 24.3 Å². The molecular weight excluding hydrogens is 141 g/mol. The van der Waals surface area contributed by atoms with Gasteiger partial charge in [0.15, 0.2) is 1.41 Å². The second kappa shape index (κ2) is 3.62. The number of hydrogen-bond donors (Lipinski definition) is 1. The summed E-state index contributed by atoms with van der Waals surface area (Å²) in [6, 6.07) is 5.63. The van der Waals surface area contributed by atoms with E-state index in [-0.39, 0.29) is 12.4 Å². The number of anilines is 1. The van der Waals surface area contributed by atoms with Gasteiger partial charge >= 0.3 is 0 Å². The summed E-state index contributed by atoms with van der Waals surface area (Å²) >= 11 is 0. The lowest BCUT2D eigenvalue weighted by Gasteiger charge is -1.99. The van der Waals surface area contributed by atoms with E-state index in [1.54, 1.807) is 0 Å². The molecule has 0 amide bonds. The molecule has 1 N–H and O–H groups in total. The zero-order chi connectivity index (χ0) is 8.97. The van der Waals surface area contributed by atoms with Gasteiger partial charge in [-0.15, -0.1) is 6.42 Å². The molecule has 0 fully saturated rings. The molecule has 0 saturated carbocycles. The van der Waals surface area contributed by atoms with E-state index in [0.717, 1.165) is 5.31 Å². The van der Waals surface area contributed by atoms with Crippen LogP contribution in [-0.4, -0.2) is 6.54 Å². The molecule has 56 valence electrons. The van der Waals surface area contributed by atoms with Crippen molar-refractivity contribution in [1.82, 2.24) is 0 Å². The summed E-state index contributed by atoms with van der Waals surface area (Å²) in [6.45, 7) is 0.200. The van der Waals surface area contributed by atoms with E-state index in [9.17, 15) is 4.39 Å². The van der Waals surface area contributed by atoms with Crippen LogP contribution in [0.1, 0.15) is 0 Å². The Morgan fingerprint density at radius 3 is 2.73 bits per heavy atom. The molecule has 11 heavy (non-hydrogen) atoms. The van der Waals surface area contributed by atoms with Gasteiger partial charge in [-0.05, 0) is 24.3 Å². The fourth-order valence-electron chi connectivity index (χ4n) is 0.683. The molecule has 0 aliphatic rings. The predicted molar refractivity (Wildman–Crippen MR) is 43.7 cm³/mol. The average molecular weight is 150 g/mol. The molecule has 2 heteroatoms. The molecule has 1 aromatic carbocycles. The van der Waals surface area contributed by atoms with Crippen LogP contribution < -0.4 is 5.31 Å². The summed E-state index contributed by atoms with van der Waals surface area (Å²) in [5.41, 5.74) is 0.592. The topological polar surface area (TPSA) is 12.0 Å². The van der Waals surface area contributed by atoms with Gasteiger partial charge in [-0.25, -0.2) is 4.39 Å². The van der Waals surface area contributed by atoms with Crippen molar-refractivity contribution in [1.29, 1.82) is 0 Å². The monoisotopic (exact) mass is 150 g/mol. The van der Waals surface area contributed by atoms with Crippen molar-refractivity contribution in [3.63, 3.8) is 0 Å². The Balaban J connectivity index is 2.76. The number of halogens is 1. The minimum atomic E-state index is -0.312. The maximum Gasteiger partial charge on any atom is 0.161 e. The van der Waals surface area contributed by atoms with Gasteiger partial charge in [0.05, 0.1) is 6.54 Å². The van der Waals surface area contributed by atoms with E-state index < -0.39 is 0 Å². The van der Waals surface area contributed by atoms with E-state index in [1.807, 2.05) is 0 Å². The molecule has 0 radical (unpaired) electrons. The van der Waals surface area contributed by atoms with Gasteiger partial charge < -0.3 is 5.31 Å². The third-order valence-electron chi connectivity index (χ3n) is 1.18. The van der Waals surface area contributed by atoms with Crippen LogP contribution in [0, 0.1) is 18.2 Å². The normalized spacial score (nSPS) is 10.0. The molecule has 0 aliphatic carbocycles. The van der Waals surface area contributed by atoms with Gasteiger partial charge in [-0.2, -0.15) is 0 Å². The van der Waals surface area contributed by atoms with E-state index in [4.69, 9.17) is 7.84 Å². The summed E-state index contributed by atoms with van der Waals surface area (Å²) in [6.07, 6.45) is 5.01. The number of terminal acetylenes is 1. The summed E-state index contributed by atoms with van der Waals surface area (Å²) in [5.74, 6) is 2.01. The number of benzene rings is 1. The molecule has 0 spiro atoms. The Kier molecular flexibility index (Phi) is 2.05. The molecule has 0 bridgehead atoms. The number of nitrogens with one attached hydrogen (secondary N) is 1. The summed E-state index contributed by atoms with van der Waals surface area (Å²) < 4.78 is 19.8. The zero-order valence-corrected chi connectivity index (χ0v) is 5.92. The lowest BCUT2D eigenvalue weighted by atomic mass is 10.3. The van der Waals surface area contributed by atoms with Crippen LogP contribution >= 0.6 is 0 Å². The Morgan fingerprint density at radius 2 is 2.18 bits per heavy atom. The van der Waals surface area contributed by atoms with Crippen molar-refractivity contribution in [2.24, 2.45) is 0 Å². The fourth-order valence-corrected chi connectivity index (χ4v) is 0.683. The van der Waals surface area contributed by atoms with Crippen molar-refractivity contribution in [2.45, 2.75) is 0 Å². The Labute approximate surface area is 66.7 Å². The maximum atomic E-state index is 12.4. The Hall–Kier alpha value is -1.49. The maximum absolute atomic E-state index is 12.4. The van der Waals surface area contributed by atoms with Gasteiger partial charge in [0, 0.05) is 5.69 Å². The first-order valence-electron chi connectivity index (χ1n) is 3.64. The lowest BCUT2D eigenvalue weighted by Crippen LogP contribution is -1.97. The molecule has 0 heterocycles. The zero-order valence-electron chi connectivity index (χ0n) is 6.92. The molecular formula is C9H8FN. The largest absolute Gasteiger partial charge is 0.374 e.